The Morgan fingerprint density at radius 2 is 1.50 bits per heavy atom. The van der Waals surface area contributed by atoms with Crippen LogP contribution in [0.25, 0.3) is 0 Å². The molecule has 26 heavy (non-hydrogen) atoms. The highest BCUT2D eigenvalue weighted by atomic mass is 16.5. The standard InChI is InChI=1S/C20H24N2O4/c1-3-25-17-6-4-5-7-18(17)26-14-19(23)21-12-13-22-20(24)16-10-8-15(2)9-11-16/h4-11H,3,12-14H2,1-2H3,(H,21,23)(H,22,24). The van der Waals surface area contributed by atoms with Crippen LogP contribution in [0, 0.1) is 6.92 Å². The quantitative estimate of drug-likeness (QED) is 0.676. The molecule has 6 nitrogen and oxygen atoms in total. The lowest BCUT2D eigenvalue weighted by molar-refractivity contribution is -0.123. The Morgan fingerprint density at radius 1 is 0.885 bits per heavy atom. The van der Waals surface area contributed by atoms with Gasteiger partial charge in [-0.05, 0) is 38.1 Å². The monoisotopic (exact) mass is 356 g/mol. The fourth-order valence-corrected chi connectivity index (χ4v) is 2.22. The van der Waals surface area contributed by atoms with Crippen LogP contribution in [0.15, 0.2) is 48.5 Å². The lowest BCUT2D eigenvalue weighted by Gasteiger charge is -2.12. The summed E-state index contributed by atoms with van der Waals surface area (Å²) in [5.74, 6) is 0.701. The van der Waals surface area contributed by atoms with Gasteiger partial charge in [0, 0.05) is 18.7 Å². The van der Waals surface area contributed by atoms with Crippen LogP contribution in [-0.2, 0) is 4.79 Å². The summed E-state index contributed by atoms with van der Waals surface area (Å²) in [6.45, 7) is 4.92. The summed E-state index contributed by atoms with van der Waals surface area (Å²) in [5.41, 5.74) is 1.69. The first-order valence-corrected chi connectivity index (χ1v) is 8.56. The smallest absolute Gasteiger partial charge is 0.258 e. The Hall–Kier alpha value is -3.02. The van der Waals surface area contributed by atoms with E-state index in [9.17, 15) is 9.59 Å². The Labute approximate surface area is 153 Å². The molecule has 2 N–H and O–H groups in total. The molecular formula is C20H24N2O4. The summed E-state index contributed by atoms with van der Waals surface area (Å²) in [7, 11) is 0. The van der Waals surface area contributed by atoms with Gasteiger partial charge in [-0.15, -0.1) is 0 Å². The van der Waals surface area contributed by atoms with Gasteiger partial charge in [-0.2, -0.15) is 0 Å². The van der Waals surface area contributed by atoms with Gasteiger partial charge in [-0.1, -0.05) is 29.8 Å². The number of nitrogens with one attached hydrogen (secondary N) is 2. The number of rotatable bonds is 9. The Bertz CT molecular complexity index is 729. The summed E-state index contributed by atoms with van der Waals surface area (Å²) in [5, 5.41) is 5.46. The minimum atomic E-state index is -0.263. The molecule has 0 heterocycles. The summed E-state index contributed by atoms with van der Waals surface area (Å²) < 4.78 is 10.9. The first-order chi connectivity index (χ1) is 12.6. The average molecular weight is 356 g/mol. The van der Waals surface area contributed by atoms with Gasteiger partial charge in [0.2, 0.25) is 0 Å². The van der Waals surface area contributed by atoms with Gasteiger partial charge < -0.3 is 20.1 Å². The lowest BCUT2D eigenvalue weighted by Crippen LogP contribution is -2.36. The van der Waals surface area contributed by atoms with Crippen LogP contribution in [0.2, 0.25) is 0 Å². The molecule has 6 heteroatoms. The van der Waals surface area contributed by atoms with E-state index in [1.807, 2.05) is 38.1 Å². The van der Waals surface area contributed by atoms with Gasteiger partial charge in [0.05, 0.1) is 6.61 Å². The van der Waals surface area contributed by atoms with E-state index in [0.717, 1.165) is 5.56 Å². The highest BCUT2D eigenvalue weighted by molar-refractivity contribution is 5.94. The molecule has 2 amide bonds. The number of carbonyl (C=O) groups excluding carboxylic acids is 2. The minimum absolute atomic E-state index is 0.115. The van der Waals surface area contributed by atoms with E-state index in [4.69, 9.17) is 9.47 Å². The second-order valence-corrected chi connectivity index (χ2v) is 5.64. The van der Waals surface area contributed by atoms with Crippen molar-refractivity contribution in [3.8, 4) is 11.5 Å². The normalized spacial score (nSPS) is 10.1. The first-order valence-electron chi connectivity index (χ1n) is 8.56. The van der Waals surface area contributed by atoms with E-state index in [0.29, 0.717) is 36.8 Å². The average Bonchev–Trinajstić information content (AvgIpc) is 2.65. The largest absolute Gasteiger partial charge is 0.490 e. The molecule has 0 saturated heterocycles. The topological polar surface area (TPSA) is 76.7 Å². The Morgan fingerprint density at radius 3 is 2.15 bits per heavy atom. The van der Waals surface area contributed by atoms with Gasteiger partial charge in [0.1, 0.15) is 0 Å². The van der Waals surface area contributed by atoms with Gasteiger partial charge in [-0.3, -0.25) is 9.59 Å². The summed E-state index contributed by atoms with van der Waals surface area (Å²) in [6, 6.07) is 14.5. The van der Waals surface area contributed by atoms with Crippen molar-refractivity contribution in [1.29, 1.82) is 0 Å². The fraction of sp³-hybridized carbons (Fsp3) is 0.300. The van der Waals surface area contributed by atoms with E-state index in [1.165, 1.54) is 0 Å². The van der Waals surface area contributed by atoms with Crippen LogP contribution in [0.1, 0.15) is 22.8 Å². The molecule has 2 aromatic carbocycles. The lowest BCUT2D eigenvalue weighted by atomic mass is 10.1. The van der Waals surface area contributed by atoms with Crippen molar-refractivity contribution in [2.75, 3.05) is 26.3 Å². The molecule has 0 radical (unpaired) electrons. The summed E-state index contributed by atoms with van der Waals surface area (Å²) in [4.78, 5) is 23.8. The highest BCUT2D eigenvalue weighted by Crippen LogP contribution is 2.26. The molecule has 0 saturated carbocycles. The number of para-hydroxylation sites is 2. The van der Waals surface area contributed by atoms with E-state index in [-0.39, 0.29) is 18.4 Å². The predicted octanol–water partition coefficient (Wildman–Crippen LogP) is 2.32. The third-order valence-corrected chi connectivity index (χ3v) is 3.55. The second-order valence-electron chi connectivity index (χ2n) is 5.64. The van der Waals surface area contributed by atoms with Crippen LogP contribution in [-0.4, -0.2) is 38.1 Å². The maximum atomic E-state index is 11.9. The molecule has 0 unspecified atom stereocenters. The molecular weight excluding hydrogens is 332 g/mol. The molecule has 0 aliphatic carbocycles. The van der Waals surface area contributed by atoms with Crippen LogP contribution >= 0.6 is 0 Å². The van der Waals surface area contributed by atoms with E-state index in [2.05, 4.69) is 10.6 Å². The van der Waals surface area contributed by atoms with Crippen LogP contribution in [0.3, 0.4) is 0 Å². The van der Waals surface area contributed by atoms with Crippen molar-refractivity contribution in [3.63, 3.8) is 0 Å². The number of aryl methyl sites for hydroxylation is 1. The predicted molar refractivity (Wildman–Crippen MR) is 99.6 cm³/mol. The zero-order chi connectivity index (χ0) is 18.8. The van der Waals surface area contributed by atoms with Crippen molar-refractivity contribution < 1.29 is 19.1 Å². The highest BCUT2D eigenvalue weighted by Gasteiger charge is 2.08. The number of hydrogen-bond acceptors (Lipinski definition) is 4. The minimum Gasteiger partial charge on any atom is -0.490 e. The number of amides is 2. The van der Waals surface area contributed by atoms with Crippen molar-refractivity contribution in [2.24, 2.45) is 0 Å². The Balaban J connectivity index is 1.68. The van der Waals surface area contributed by atoms with Crippen molar-refractivity contribution in [3.05, 3.63) is 59.7 Å². The number of benzene rings is 2. The molecule has 0 bridgehead atoms. The molecule has 0 aliphatic heterocycles. The molecule has 0 fully saturated rings. The van der Waals surface area contributed by atoms with Gasteiger partial charge in [0.15, 0.2) is 18.1 Å². The van der Waals surface area contributed by atoms with E-state index >= 15 is 0 Å². The third kappa shape index (κ3) is 6.12. The fourth-order valence-electron chi connectivity index (χ4n) is 2.22. The maximum absolute atomic E-state index is 11.9. The zero-order valence-corrected chi connectivity index (χ0v) is 15.1. The van der Waals surface area contributed by atoms with Gasteiger partial charge in [-0.25, -0.2) is 0 Å². The van der Waals surface area contributed by atoms with Crippen LogP contribution in [0.5, 0.6) is 11.5 Å². The zero-order valence-electron chi connectivity index (χ0n) is 15.1. The molecule has 2 aromatic rings. The summed E-state index contributed by atoms with van der Waals surface area (Å²) in [6.07, 6.45) is 0. The van der Waals surface area contributed by atoms with Crippen LogP contribution in [0.4, 0.5) is 0 Å². The van der Waals surface area contributed by atoms with Crippen molar-refractivity contribution >= 4 is 11.8 Å². The molecule has 0 aromatic heterocycles. The van der Waals surface area contributed by atoms with E-state index in [1.54, 1.807) is 24.3 Å². The van der Waals surface area contributed by atoms with Crippen LogP contribution < -0.4 is 20.1 Å². The third-order valence-electron chi connectivity index (χ3n) is 3.55. The molecule has 0 aliphatic rings. The first kappa shape index (κ1) is 19.3. The SMILES string of the molecule is CCOc1ccccc1OCC(=O)NCCNC(=O)c1ccc(C)cc1. The second kappa shape index (κ2) is 10.1. The van der Waals surface area contributed by atoms with Crippen molar-refractivity contribution in [1.82, 2.24) is 10.6 Å². The molecule has 138 valence electrons. The summed E-state index contributed by atoms with van der Waals surface area (Å²) >= 11 is 0. The van der Waals surface area contributed by atoms with Gasteiger partial charge in [0.25, 0.3) is 11.8 Å². The molecule has 2 rings (SSSR count). The maximum Gasteiger partial charge on any atom is 0.258 e. The molecule has 0 atom stereocenters. The number of hydrogen-bond donors (Lipinski definition) is 2. The molecule has 0 spiro atoms. The van der Waals surface area contributed by atoms with Gasteiger partial charge >= 0.3 is 0 Å². The number of ether oxygens (including phenoxy) is 2. The van der Waals surface area contributed by atoms with Crippen molar-refractivity contribution in [2.45, 2.75) is 13.8 Å². The Kier molecular flexibility index (Phi) is 7.49. The number of carbonyl (C=O) groups is 2. The van der Waals surface area contributed by atoms with E-state index < -0.39 is 0 Å².